The molecule has 2 aromatic rings. The van der Waals surface area contributed by atoms with Gasteiger partial charge in [-0.05, 0) is 31.2 Å². The summed E-state index contributed by atoms with van der Waals surface area (Å²) in [7, 11) is -3.62. The number of nitrogens with one attached hydrogen (secondary N) is 1. The summed E-state index contributed by atoms with van der Waals surface area (Å²) in [6.07, 6.45) is 0. The Morgan fingerprint density at radius 3 is 2.41 bits per heavy atom. The average Bonchev–Trinajstić information content (AvgIpc) is 2.96. The number of nitrogens with zero attached hydrogens (tertiary/aromatic N) is 2. The van der Waals surface area contributed by atoms with Crippen LogP contribution in [0.15, 0.2) is 64.5 Å². The molecule has 22 heavy (non-hydrogen) atoms. The van der Waals surface area contributed by atoms with E-state index in [2.05, 4.69) is 9.71 Å². The number of sulfonamides is 1. The zero-order valence-corrected chi connectivity index (χ0v) is 13.0. The highest BCUT2D eigenvalue weighted by Crippen LogP contribution is 2.17. The molecule has 0 spiro atoms. The minimum atomic E-state index is -3.62. The van der Waals surface area contributed by atoms with E-state index in [1.807, 2.05) is 42.2 Å². The van der Waals surface area contributed by atoms with Crippen molar-refractivity contribution in [2.24, 2.45) is 4.99 Å². The Morgan fingerprint density at radius 2 is 1.73 bits per heavy atom. The van der Waals surface area contributed by atoms with Crippen LogP contribution in [-0.2, 0) is 10.0 Å². The zero-order valence-electron chi connectivity index (χ0n) is 12.2. The number of hydrogen-bond acceptors (Lipinski definition) is 4. The lowest BCUT2D eigenvalue weighted by molar-refractivity contribution is 0.592. The quantitative estimate of drug-likeness (QED) is 0.944. The summed E-state index contributed by atoms with van der Waals surface area (Å²) < 4.78 is 27.5. The number of aliphatic imine (C=N–C) groups is 1. The van der Waals surface area contributed by atoms with Gasteiger partial charge in [-0.2, -0.15) is 0 Å². The third kappa shape index (κ3) is 2.96. The van der Waals surface area contributed by atoms with Crippen molar-refractivity contribution in [3.05, 3.63) is 60.2 Å². The van der Waals surface area contributed by atoms with E-state index in [9.17, 15) is 8.42 Å². The molecule has 0 unspecified atom stereocenters. The fraction of sp³-hybridized carbons (Fsp3) is 0.188. The molecule has 1 aliphatic rings. The van der Waals surface area contributed by atoms with Gasteiger partial charge < -0.3 is 4.90 Å². The van der Waals surface area contributed by atoms with Crippen molar-refractivity contribution in [3.63, 3.8) is 0 Å². The lowest BCUT2D eigenvalue weighted by Gasteiger charge is -2.21. The summed E-state index contributed by atoms with van der Waals surface area (Å²) in [6, 6.07) is 16.4. The van der Waals surface area contributed by atoms with Crippen LogP contribution in [0.4, 0.5) is 5.69 Å². The minimum Gasteiger partial charge on any atom is -0.310 e. The molecule has 2 aromatic carbocycles. The van der Waals surface area contributed by atoms with Crippen LogP contribution in [0.3, 0.4) is 0 Å². The second-order valence-electron chi connectivity index (χ2n) is 5.11. The van der Waals surface area contributed by atoms with Crippen LogP contribution in [0.2, 0.25) is 0 Å². The molecule has 0 bridgehead atoms. The van der Waals surface area contributed by atoms with Gasteiger partial charge >= 0.3 is 0 Å². The number of para-hydroxylation sites is 1. The highest BCUT2D eigenvalue weighted by atomic mass is 32.2. The summed E-state index contributed by atoms with van der Waals surface area (Å²) in [5.41, 5.74) is 1.94. The molecular weight excluding hydrogens is 298 g/mol. The van der Waals surface area contributed by atoms with Gasteiger partial charge in [0.15, 0.2) is 0 Å². The molecule has 6 heteroatoms. The number of hydrogen-bond donors (Lipinski definition) is 1. The minimum absolute atomic E-state index is 0.237. The number of benzene rings is 2. The van der Waals surface area contributed by atoms with Gasteiger partial charge in [-0.3, -0.25) is 4.99 Å². The van der Waals surface area contributed by atoms with Crippen LogP contribution >= 0.6 is 0 Å². The first-order valence-corrected chi connectivity index (χ1v) is 8.51. The molecule has 3 rings (SSSR count). The highest BCUT2D eigenvalue weighted by Gasteiger charge is 2.24. The van der Waals surface area contributed by atoms with E-state index in [0.29, 0.717) is 19.0 Å². The zero-order chi connectivity index (χ0) is 15.6. The molecule has 0 atom stereocenters. The standard InChI is InChI=1S/C16H17N3O2S/c1-13-7-9-15(10-8-13)22(20,21)18-16-17-11-12-19(16)14-5-3-2-4-6-14/h2-10H,11-12H2,1H3,(H,17,18). The van der Waals surface area contributed by atoms with Crippen molar-refractivity contribution in [1.82, 2.24) is 4.72 Å². The Hall–Kier alpha value is -2.34. The summed E-state index contributed by atoms with van der Waals surface area (Å²) >= 11 is 0. The molecule has 5 nitrogen and oxygen atoms in total. The van der Waals surface area contributed by atoms with E-state index in [4.69, 9.17) is 0 Å². The Labute approximate surface area is 130 Å². The molecule has 0 aliphatic carbocycles. The SMILES string of the molecule is Cc1ccc(S(=O)(=O)NC2=NCCN2c2ccccc2)cc1. The average molecular weight is 315 g/mol. The van der Waals surface area contributed by atoms with Gasteiger partial charge in [0.1, 0.15) is 0 Å². The first-order valence-electron chi connectivity index (χ1n) is 7.03. The maximum Gasteiger partial charge on any atom is 0.264 e. The summed E-state index contributed by atoms with van der Waals surface area (Å²) in [4.78, 5) is 6.38. The third-order valence-electron chi connectivity index (χ3n) is 3.47. The number of rotatable bonds is 3. The maximum atomic E-state index is 12.5. The molecule has 0 fully saturated rings. The molecule has 1 heterocycles. The Bertz CT molecular complexity index is 784. The van der Waals surface area contributed by atoms with Crippen LogP contribution in [0.25, 0.3) is 0 Å². The smallest absolute Gasteiger partial charge is 0.264 e. The van der Waals surface area contributed by atoms with Gasteiger partial charge in [-0.1, -0.05) is 35.9 Å². The Kier molecular flexibility index (Phi) is 3.85. The van der Waals surface area contributed by atoms with Gasteiger partial charge in [0.05, 0.1) is 11.4 Å². The van der Waals surface area contributed by atoms with Gasteiger partial charge in [0, 0.05) is 12.2 Å². The van der Waals surface area contributed by atoms with Crippen LogP contribution in [0.1, 0.15) is 5.56 Å². The summed E-state index contributed by atoms with van der Waals surface area (Å²) in [5, 5.41) is 0. The molecule has 114 valence electrons. The fourth-order valence-electron chi connectivity index (χ4n) is 2.29. The largest absolute Gasteiger partial charge is 0.310 e. The van der Waals surface area contributed by atoms with Gasteiger partial charge in [0.25, 0.3) is 10.0 Å². The first kappa shape index (κ1) is 14.6. The van der Waals surface area contributed by atoms with Crippen molar-refractivity contribution in [1.29, 1.82) is 0 Å². The second-order valence-corrected chi connectivity index (χ2v) is 6.79. The first-order chi connectivity index (χ1) is 10.6. The van der Waals surface area contributed by atoms with Crippen molar-refractivity contribution < 1.29 is 8.42 Å². The van der Waals surface area contributed by atoms with E-state index in [1.54, 1.807) is 24.3 Å². The van der Waals surface area contributed by atoms with Crippen molar-refractivity contribution in [2.75, 3.05) is 18.0 Å². The Morgan fingerprint density at radius 1 is 1.05 bits per heavy atom. The molecule has 1 N–H and O–H groups in total. The monoisotopic (exact) mass is 315 g/mol. The molecule has 0 radical (unpaired) electrons. The van der Waals surface area contributed by atoms with Crippen LogP contribution in [0.5, 0.6) is 0 Å². The molecule has 0 saturated carbocycles. The van der Waals surface area contributed by atoms with Crippen LogP contribution in [0, 0.1) is 6.92 Å². The van der Waals surface area contributed by atoms with E-state index in [0.717, 1.165) is 11.3 Å². The van der Waals surface area contributed by atoms with Gasteiger partial charge in [-0.25, -0.2) is 13.1 Å². The van der Waals surface area contributed by atoms with Crippen molar-refractivity contribution in [3.8, 4) is 0 Å². The lowest BCUT2D eigenvalue weighted by Crippen LogP contribution is -2.41. The number of aryl methyl sites for hydroxylation is 1. The van der Waals surface area contributed by atoms with E-state index in [1.165, 1.54) is 0 Å². The third-order valence-corrected chi connectivity index (χ3v) is 4.81. The maximum absolute atomic E-state index is 12.5. The normalized spacial score (nSPS) is 14.8. The van der Waals surface area contributed by atoms with Gasteiger partial charge in [0.2, 0.25) is 5.96 Å². The molecule has 0 aromatic heterocycles. The predicted octanol–water partition coefficient (Wildman–Crippen LogP) is 2.15. The topological polar surface area (TPSA) is 61.8 Å². The fourth-order valence-corrected chi connectivity index (χ4v) is 3.32. The van der Waals surface area contributed by atoms with Gasteiger partial charge in [-0.15, -0.1) is 0 Å². The second kappa shape index (κ2) is 5.81. The summed E-state index contributed by atoms with van der Waals surface area (Å²) in [6.45, 7) is 3.15. The number of guanidine groups is 1. The van der Waals surface area contributed by atoms with Crippen LogP contribution < -0.4 is 9.62 Å². The van der Waals surface area contributed by atoms with E-state index >= 15 is 0 Å². The van der Waals surface area contributed by atoms with Crippen molar-refractivity contribution >= 4 is 21.7 Å². The summed E-state index contributed by atoms with van der Waals surface area (Å²) in [5.74, 6) is 0.367. The molecule has 1 aliphatic heterocycles. The molecular formula is C16H17N3O2S. The van der Waals surface area contributed by atoms with E-state index < -0.39 is 10.0 Å². The van der Waals surface area contributed by atoms with E-state index in [-0.39, 0.29) is 4.90 Å². The lowest BCUT2D eigenvalue weighted by atomic mass is 10.2. The van der Waals surface area contributed by atoms with Crippen LogP contribution in [-0.4, -0.2) is 27.5 Å². The van der Waals surface area contributed by atoms with Crippen molar-refractivity contribution in [2.45, 2.75) is 11.8 Å². The molecule has 0 amide bonds. The Balaban J connectivity index is 1.84. The highest BCUT2D eigenvalue weighted by molar-refractivity contribution is 7.90. The predicted molar refractivity (Wildman–Crippen MR) is 87.6 cm³/mol. The number of anilines is 1. The molecule has 0 saturated heterocycles.